The third-order valence-electron chi connectivity index (χ3n) is 2.52. The Morgan fingerprint density at radius 2 is 2.16 bits per heavy atom. The fourth-order valence-electron chi connectivity index (χ4n) is 1.50. The van der Waals surface area contributed by atoms with Crippen LogP contribution in [0.3, 0.4) is 0 Å². The summed E-state index contributed by atoms with van der Waals surface area (Å²) in [5.41, 5.74) is 1.78. The number of thiophene rings is 1. The molecular weight excluding hydrogens is 284 g/mol. The van der Waals surface area contributed by atoms with Gasteiger partial charge in [0, 0.05) is 18.7 Å². The van der Waals surface area contributed by atoms with Gasteiger partial charge in [0.15, 0.2) is 0 Å². The van der Waals surface area contributed by atoms with E-state index in [4.69, 9.17) is 4.42 Å². The summed E-state index contributed by atoms with van der Waals surface area (Å²) in [6, 6.07) is 3.43. The van der Waals surface area contributed by atoms with Gasteiger partial charge in [-0.25, -0.2) is 13.1 Å². The van der Waals surface area contributed by atoms with E-state index in [-0.39, 0.29) is 6.54 Å². The Morgan fingerprint density at radius 1 is 1.32 bits per heavy atom. The minimum atomic E-state index is -3.44. The largest absolute Gasteiger partial charge is 0.472 e. The molecule has 0 aromatic carbocycles. The quantitative estimate of drug-likeness (QED) is 0.819. The van der Waals surface area contributed by atoms with E-state index < -0.39 is 10.0 Å². The first kappa shape index (κ1) is 14.3. The number of hydrogen-bond donors (Lipinski definition) is 2. The summed E-state index contributed by atoms with van der Waals surface area (Å²) in [7, 11) is -3.44. The van der Waals surface area contributed by atoms with Crippen molar-refractivity contribution in [3.63, 3.8) is 0 Å². The van der Waals surface area contributed by atoms with Crippen molar-refractivity contribution in [2.75, 3.05) is 6.54 Å². The molecule has 0 radical (unpaired) electrons. The van der Waals surface area contributed by atoms with Crippen LogP contribution in [0.4, 0.5) is 0 Å². The monoisotopic (exact) mass is 300 g/mol. The molecule has 0 aliphatic rings. The topological polar surface area (TPSA) is 71.3 Å². The highest BCUT2D eigenvalue weighted by atomic mass is 32.2. The van der Waals surface area contributed by atoms with Gasteiger partial charge in [-0.05, 0) is 29.6 Å². The maximum Gasteiger partial charge on any atom is 0.250 e. The molecule has 0 spiro atoms. The molecule has 0 saturated carbocycles. The Labute approximate surface area is 116 Å². The molecule has 0 unspecified atom stereocenters. The van der Waals surface area contributed by atoms with Gasteiger partial charge in [-0.3, -0.25) is 0 Å². The standard InChI is InChI=1S/C12H16N2O3S2/c1-2-13-6-11-5-12(18-9-11)19(15,16)14-7-10-3-4-17-8-10/h3-5,8-9,13-14H,2,6-7H2,1H3. The fraction of sp³-hybridized carbons (Fsp3) is 0.333. The second-order valence-corrected chi connectivity index (χ2v) is 6.92. The Balaban J connectivity index is 2.00. The number of nitrogens with one attached hydrogen (secondary N) is 2. The molecule has 0 bridgehead atoms. The molecule has 2 N–H and O–H groups in total. The first-order chi connectivity index (χ1) is 9.12. The van der Waals surface area contributed by atoms with E-state index in [1.165, 1.54) is 23.9 Å². The Kier molecular flexibility index (Phi) is 4.76. The number of sulfonamides is 1. The highest BCUT2D eigenvalue weighted by molar-refractivity contribution is 7.91. The van der Waals surface area contributed by atoms with Gasteiger partial charge in [-0.15, -0.1) is 11.3 Å². The first-order valence-electron chi connectivity index (χ1n) is 5.90. The molecule has 2 rings (SSSR count). The molecule has 2 aromatic rings. The molecule has 5 nitrogen and oxygen atoms in total. The van der Waals surface area contributed by atoms with Crippen LogP contribution in [0.25, 0.3) is 0 Å². The van der Waals surface area contributed by atoms with Crippen LogP contribution in [0.5, 0.6) is 0 Å². The Hall–Kier alpha value is -1.15. The van der Waals surface area contributed by atoms with Gasteiger partial charge in [0.25, 0.3) is 0 Å². The molecule has 19 heavy (non-hydrogen) atoms. The van der Waals surface area contributed by atoms with Gasteiger partial charge in [-0.2, -0.15) is 0 Å². The van der Waals surface area contributed by atoms with Crippen molar-refractivity contribution in [1.82, 2.24) is 10.0 Å². The lowest BCUT2D eigenvalue weighted by atomic mass is 10.3. The predicted molar refractivity (Wildman–Crippen MR) is 74.4 cm³/mol. The lowest BCUT2D eigenvalue weighted by Gasteiger charge is -2.02. The molecular formula is C12H16N2O3S2. The normalized spacial score (nSPS) is 11.8. The fourth-order valence-corrected chi connectivity index (χ4v) is 3.77. The van der Waals surface area contributed by atoms with Crippen LogP contribution in [0.15, 0.2) is 38.7 Å². The Morgan fingerprint density at radius 3 is 2.84 bits per heavy atom. The summed E-state index contributed by atoms with van der Waals surface area (Å²) in [6.45, 7) is 3.79. The van der Waals surface area contributed by atoms with Gasteiger partial charge < -0.3 is 9.73 Å². The smallest absolute Gasteiger partial charge is 0.250 e. The zero-order chi connectivity index (χ0) is 13.7. The molecule has 0 saturated heterocycles. The molecule has 2 heterocycles. The molecule has 104 valence electrons. The summed E-state index contributed by atoms with van der Waals surface area (Å²) in [6.07, 6.45) is 3.04. The van der Waals surface area contributed by atoms with Crippen LogP contribution < -0.4 is 10.0 Å². The van der Waals surface area contributed by atoms with E-state index in [0.29, 0.717) is 10.8 Å². The SMILES string of the molecule is CCNCc1csc(S(=O)(=O)NCc2ccoc2)c1. The second kappa shape index (κ2) is 6.33. The van der Waals surface area contributed by atoms with E-state index in [1.807, 2.05) is 12.3 Å². The van der Waals surface area contributed by atoms with Crippen molar-refractivity contribution in [2.24, 2.45) is 0 Å². The van der Waals surface area contributed by atoms with Gasteiger partial charge in [-0.1, -0.05) is 6.92 Å². The van der Waals surface area contributed by atoms with Crippen LogP contribution in [0.1, 0.15) is 18.1 Å². The average Bonchev–Trinajstić information content (AvgIpc) is 3.05. The highest BCUT2D eigenvalue weighted by Gasteiger charge is 2.16. The molecule has 0 atom stereocenters. The summed E-state index contributed by atoms with van der Waals surface area (Å²) in [5.74, 6) is 0. The van der Waals surface area contributed by atoms with E-state index >= 15 is 0 Å². The summed E-state index contributed by atoms with van der Waals surface area (Å²) >= 11 is 1.23. The second-order valence-electron chi connectivity index (χ2n) is 4.01. The molecule has 0 aliphatic heterocycles. The zero-order valence-corrected chi connectivity index (χ0v) is 12.2. The molecule has 0 aliphatic carbocycles. The third kappa shape index (κ3) is 3.90. The first-order valence-corrected chi connectivity index (χ1v) is 8.27. The van der Waals surface area contributed by atoms with Crippen LogP contribution in [-0.4, -0.2) is 15.0 Å². The van der Waals surface area contributed by atoms with Crippen LogP contribution >= 0.6 is 11.3 Å². The van der Waals surface area contributed by atoms with Crippen LogP contribution in [0, 0.1) is 0 Å². The van der Waals surface area contributed by atoms with Crippen LogP contribution in [0.2, 0.25) is 0 Å². The van der Waals surface area contributed by atoms with Crippen molar-refractivity contribution in [2.45, 2.75) is 24.2 Å². The lowest BCUT2D eigenvalue weighted by Crippen LogP contribution is -2.22. The molecule has 2 aromatic heterocycles. The van der Waals surface area contributed by atoms with E-state index in [9.17, 15) is 8.42 Å². The third-order valence-corrected chi connectivity index (χ3v) is 5.41. The lowest BCUT2D eigenvalue weighted by molar-refractivity contribution is 0.561. The van der Waals surface area contributed by atoms with E-state index in [2.05, 4.69) is 10.0 Å². The number of rotatable bonds is 7. The van der Waals surface area contributed by atoms with Gasteiger partial charge >= 0.3 is 0 Å². The summed E-state index contributed by atoms with van der Waals surface area (Å²) in [5, 5.41) is 5.02. The number of hydrogen-bond acceptors (Lipinski definition) is 5. The van der Waals surface area contributed by atoms with Gasteiger partial charge in [0.05, 0.1) is 12.5 Å². The van der Waals surface area contributed by atoms with E-state index in [1.54, 1.807) is 12.1 Å². The van der Waals surface area contributed by atoms with Crippen molar-refractivity contribution in [1.29, 1.82) is 0 Å². The van der Waals surface area contributed by atoms with Crippen molar-refractivity contribution >= 4 is 21.4 Å². The van der Waals surface area contributed by atoms with E-state index in [0.717, 1.165) is 17.7 Å². The van der Waals surface area contributed by atoms with Crippen molar-refractivity contribution in [3.05, 3.63) is 41.2 Å². The average molecular weight is 300 g/mol. The minimum absolute atomic E-state index is 0.235. The molecule has 7 heteroatoms. The van der Waals surface area contributed by atoms with Crippen molar-refractivity contribution in [3.8, 4) is 0 Å². The predicted octanol–water partition coefficient (Wildman–Crippen LogP) is 1.93. The Bertz CT molecular complexity index is 603. The maximum absolute atomic E-state index is 12.1. The minimum Gasteiger partial charge on any atom is -0.472 e. The van der Waals surface area contributed by atoms with Crippen LogP contribution in [-0.2, 0) is 23.1 Å². The maximum atomic E-state index is 12.1. The summed E-state index contributed by atoms with van der Waals surface area (Å²) in [4.78, 5) is 0. The summed E-state index contributed by atoms with van der Waals surface area (Å²) < 4.78 is 31.9. The zero-order valence-electron chi connectivity index (χ0n) is 10.5. The van der Waals surface area contributed by atoms with Crippen molar-refractivity contribution < 1.29 is 12.8 Å². The molecule has 0 amide bonds. The van der Waals surface area contributed by atoms with Gasteiger partial charge in [0.1, 0.15) is 4.21 Å². The number of furan rings is 1. The molecule has 0 fully saturated rings. The highest BCUT2D eigenvalue weighted by Crippen LogP contribution is 2.20. The van der Waals surface area contributed by atoms with Gasteiger partial charge in [0.2, 0.25) is 10.0 Å².